The van der Waals surface area contributed by atoms with Gasteiger partial charge in [-0.05, 0) is 49.8 Å². The second-order valence-electron chi connectivity index (χ2n) is 7.17. The number of H-pyrrole nitrogens is 1. The van der Waals surface area contributed by atoms with Gasteiger partial charge in [0, 0.05) is 30.8 Å². The minimum atomic E-state index is 0.0331. The number of benzene rings is 1. The number of anilines is 1. The number of carbonyl (C=O) groups is 1. The van der Waals surface area contributed by atoms with Crippen molar-refractivity contribution in [2.45, 2.75) is 32.7 Å². The Kier molecular flexibility index (Phi) is 4.99. The molecule has 0 aliphatic carbocycles. The maximum absolute atomic E-state index is 12.6. The predicted octanol–water partition coefficient (Wildman–Crippen LogP) is 4.15. The standard InChI is InChI=1S/C21H24N4OS/c1-14-5-6-17(15(2)12-14)21(26)22-16-7-9-25(10-8-16)20-13-18(23-24-20)19-4-3-11-27-19/h3-6,11-13,16H,7-10H2,1-2H3,(H,22,26)(H,23,24). The number of aromatic nitrogens is 2. The summed E-state index contributed by atoms with van der Waals surface area (Å²) in [6.45, 7) is 5.83. The molecule has 2 aromatic heterocycles. The number of rotatable bonds is 4. The normalized spacial score (nSPS) is 15.1. The minimum Gasteiger partial charge on any atom is -0.355 e. The Morgan fingerprint density at radius 3 is 2.74 bits per heavy atom. The highest BCUT2D eigenvalue weighted by Gasteiger charge is 2.23. The molecule has 1 aliphatic heterocycles. The van der Waals surface area contributed by atoms with Crippen LogP contribution < -0.4 is 10.2 Å². The topological polar surface area (TPSA) is 61.0 Å². The summed E-state index contributed by atoms with van der Waals surface area (Å²) in [5.41, 5.74) is 4.04. The van der Waals surface area contributed by atoms with Crippen LogP contribution in [0.25, 0.3) is 10.6 Å². The molecule has 3 heterocycles. The van der Waals surface area contributed by atoms with E-state index < -0.39 is 0 Å². The number of carbonyl (C=O) groups excluding carboxylic acids is 1. The van der Waals surface area contributed by atoms with E-state index in [0.29, 0.717) is 0 Å². The molecule has 0 saturated carbocycles. The third-order valence-corrected chi connectivity index (χ3v) is 6.03. The Hall–Kier alpha value is -2.60. The van der Waals surface area contributed by atoms with Crippen LogP contribution in [-0.4, -0.2) is 35.2 Å². The Labute approximate surface area is 163 Å². The molecule has 1 aliphatic rings. The lowest BCUT2D eigenvalue weighted by Crippen LogP contribution is -2.45. The molecule has 1 saturated heterocycles. The number of amides is 1. The number of aromatic amines is 1. The molecule has 0 atom stereocenters. The summed E-state index contributed by atoms with van der Waals surface area (Å²) in [5.74, 6) is 1.02. The first kappa shape index (κ1) is 17.8. The number of piperidine rings is 1. The lowest BCUT2D eigenvalue weighted by atomic mass is 10.0. The molecule has 0 radical (unpaired) electrons. The summed E-state index contributed by atoms with van der Waals surface area (Å²) in [5, 5.41) is 12.9. The molecule has 27 heavy (non-hydrogen) atoms. The average molecular weight is 381 g/mol. The van der Waals surface area contributed by atoms with Crippen LogP contribution in [0.2, 0.25) is 0 Å². The predicted molar refractivity (Wildman–Crippen MR) is 111 cm³/mol. The van der Waals surface area contributed by atoms with Gasteiger partial charge in [0.2, 0.25) is 0 Å². The minimum absolute atomic E-state index is 0.0331. The van der Waals surface area contributed by atoms with E-state index in [-0.39, 0.29) is 11.9 Å². The summed E-state index contributed by atoms with van der Waals surface area (Å²) in [6, 6.07) is 12.4. The van der Waals surface area contributed by atoms with E-state index in [1.54, 1.807) is 11.3 Å². The van der Waals surface area contributed by atoms with Crippen molar-refractivity contribution in [1.82, 2.24) is 15.5 Å². The summed E-state index contributed by atoms with van der Waals surface area (Å²) < 4.78 is 0. The number of nitrogens with one attached hydrogen (secondary N) is 2. The van der Waals surface area contributed by atoms with Gasteiger partial charge in [-0.3, -0.25) is 9.89 Å². The van der Waals surface area contributed by atoms with Crippen LogP contribution in [0.15, 0.2) is 41.8 Å². The summed E-state index contributed by atoms with van der Waals surface area (Å²) in [4.78, 5) is 16.1. The van der Waals surface area contributed by atoms with Crippen LogP contribution in [0.1, 0.15) is 34.3 Å². The number of thiophene rings is 1. The van der Waals surface area contributed by atoms with Crippen molar-refractivity contribution in [3.63, 3.8) is 0 Å². The van der Waals surface area contributed by atoms with Gasteiger partial charge in [0.05, 0.1) is 10.6 Å². The smallest absolute Gasteiger partial charge is 0.251 e. The molecule has 0 spiro atoms. The molecule has 5 nitrogen and oxygen atoms in total. The molecular formula is C21H24N4OS. The zero-order valence-electron chi connectivity index (χ0n) is 15.7. The Balaban J connectivity index is 1.34. The van der Waals surface area contributed by atoms with Crippen molar-refractivity contribution in [2.24, 2.45) is 0 Å². The zero-order valence-corrected chi connectivity index (χ0v) is 16.5. The van der Waals surface area contributed by atoms with Crippen LogP contribution in [0, 0.1) is 13.8 Å². The molecule has 140 valence electrons. The molecule has 1 aromatic carbocycles. The molecule has 2 N–H and O–H groups in total. The van der Waals surface area contributed by atoms with Gasteiger partial charge in [-0.2, -0.15) is 5.10 Å². The Bertz CT molecular complexity index is 924. The lowest BCUT2D eigenvalue weighted by Gasteiger charge is -2.32. The first-order chi connectivity index (χ1) is 13.1. The van der Waals surface area contributed by atoms with Crippen LogP contribution in [-0.2, 0) is 0 Å². The number of aryl methyl sites for hydroxylation is 2. The summed E-state index contributed by atoms with van der Waals surface area (Å²) in [6.07, 6.45) is 1.86. The van der Waals surface area contributed by atoms with Crippen molar-refractivity contribution in [3.05, 3.63) is 58.5 Å². The van der Waals surface area contributed by atoms with Gasteiger partial charge in [0.1, 0.15) is 0 Å². The van der Waals surface area contributed by atoms with Gasteiger partial charge in [-0.15, -0.1) is 11.3 Å². The molecule has 4 rings (SSSR count). The molecule has 6 heteroatoms. The van der Waals surface area contributed by atoms with Crippen molar-refractivity contribution in [1.29, 1.82) is 0 Å². The molecule has 0 bridgehead atoms. The summed E-state index contributed by atoms with van der Waals surface area (Å²) >= 11 is 1.71. The largest absolute Gasteiger partial charge is 0.355 e. The fraction of sp³-hybridized carbons (Fsp3) is 0.333. The van der Waals surface area contributed by atoms with Crippen LogP contribution in [0.3, 0.4) is 0 Å². The van der Waals surface area contributed by atoms with E-state index in [2.05, 4.69) is 44.0 Å². The molecular weight excluding hydrogens is 356 g/mol. The average Bonchev–Trinajstić information content (AvgIpc) is 3.34. The van der Waals surface area contributed by atoms with Gasteiger partial charge in [-0.1, -0.05) is 23.8 Å². The highest BCUT2D eigenvalue weighted by atomic mass is 32.1. The first-order valence-electron chi connectivity index (χ1n) is 9.32. The third-order valence-electron chi connectivity index (χ3n) is 5.13. The van der Waals surface area contributed by atoms with E-state index in [1.165, 1.54) is 10.4 Å². The second kappa shape index (κ2) is 7.56. The summed E-state index contributed by atoms with van der Waals surface area (Å²) in [7, 11) is 0. The zero-order chi connectivity index (χ0) is 18.8. The quantitative estimate of drug-likeness (QED) is 0.715. The molecule has 0 unspecified atom stereocenters. The maximum Gasteiger partial charge on any atom is 0.251 e. The van der Waals surface area contributed by atoms with E-state index >= 15 is 0 Å². The highest BCUT2D eigenvalue weighted by Crippen LogP contribution is 2.27. The van der Waals surface area contributed by atoms with E-state index in [1.807, 2.05) is 32.0 Å². The molecule has 3 aromatic rings. The van der Waals surface area contributed by atoms with Crippen molar-refractivity contribution < 1.29 is 4.79 Å². The third kappa shape index (κ3) is 3.90. The van der Waals surface area contributed by atoms with Gasteiger partial charge in [-0.25, -0.2) is 0 Å². The van der Waals surface area contributed by atoms with Gasteiger partial charge >= 0.3 is 0 Å². The van der Waals surface area contributed by atoms with Crippen molar-refractivity contribution in [2.75, 3.05) is 18.0 Å². The fourth-order valence-corrected chi connectivity index (χ4v) is 4.31. The van der Waals surface area contributed by atoms with Crippen LogP contribution >= 0.6 is 11.3 Å². The number of hydrogen-bond acceptors (Lipinski definition) is 4. The van der Waals surface area contributed by atoms with E-state index in [0.717, 1.165) is 48.6 Å². The van der Waals surface area contributed by atoms with Gasteiger partial charge in [0.25, 0.3) is 5.91 Å². The molecule has 1 amide bonds. The first-order valence-corrected chi connectivity index (χ1v) is 10.2. The van der Waals surface area contributed by atoms with E-state index in [4.69, 9.17) is 0 Å². The van der Waals surface area contributed by atoms with Crippen LogP contribution in [0.4, 0.5) is 5.82 Å². The number of hydrogen-bond donors (Lipinski definition) is 2. The fourth-order valence-electron chi connectivity index (χ4n) is 3.62. The lowest BCUT2D eigenvalue weighted by molar-refractivity contribution is 0.0930. The van der Waals surface area contributed by atoms with E-state index in [9.17, 15) is 4.79 Å². The SMILES string of the molecule is Cc1ccc(C(=O)NC2CCN(c3cc(-c4cccs4)[nH]n3)CC2)c(C)c1. The van der Waals surface area contributed by atoms with Crippen molar-refractivity contribution >= 4 is 23.1 Å². The van der Waals surface area contributed by atoms with Crippen molar-refractivity contribution in [3.8, 4) is 10.6 Å². The van der Waals surface area contributed by atoms with Gasteiger partial charge < -0.3 is 10.2 Å². The number of nitrogens with zero attached hydrogens (tertiary/aromatic N) is 2. The monoisotopic (exact) mass is 380 g/mol. The molecule has 1 fully saturated rings. The Morgan fingerprint density at radius 2 is 2.04 bits per heavy atom. The highest BCUT2D eigenvalue weighted by molar-refractivity contribution is 7.13. The Morgan fingerprint density at radius 1 is 1.22 bits per heavy atom. The maximum atomic E-state index is 12.6. The second-order valence-corrected chi connectivity index (χ2v) is 8.12. The van der Waals surface area contributed by atoms with Gasteiger partial charge in [0.15, 0.2) is 5.82 Å². The van der Waals surface area contributed by atoms with Crippen LogP contribution in [0.5, 0.6) is 0 Å².